The smallest absolute Gasteiger partial charge is 0.164 e. The number of fused-ring (bicyclic) bond motifs is 1. The topological polar surface area (TPSA) is 71.9 Å². The Morgan fingerprint density at radius 3 is 2.67 bits per heavy atom. The van der Waals surface area contributed by atoms with Crippen molar-refractivity contribution in [1.29, 1.82) is 5.26 Å². The number of nitrogens with zero attached hydrogens (tertiary/aromatic N) is 2. The van der Waals surface area contributed by atoms with Gasteiger partial charge in [0.15, 0.2) is 11.5 Å². The first kappa shape index (κ1) is 13.4. The number of para-hydroxylation sites is 2. The van der Waals surface area contributed by atoms with Gasteiger partial charge in [-0.05, 0) is 40.2 Å². The highest BCUT2D eigenvalue weighted by Gasteiger charge is 2.14. The monoisotopic (exact) mass is 339 g/mol. The van der Waals surface area contributed by atoms with E-state index in [4.69, 9.17) is 10.5 Å². The lowest BCUT2D eigenvalue weighted by molar-refractivity contribution is 0.485. The van der Waals surface area contributed by atoms with Crippen molar-refractivity contribution in [2.45, 2.75) is 0 Å². The molecular weight excluding hydrogens is 330 g/mol. The van der Waals surface area contributed by atoms with Crippen LogP contribution < -0.4 is 10.5 Å². The molecule has 0 aliphatic heterocycles. The minimum Gasteiger partial charge on any atom is -0.452 e. The van der Waals surface area contributed by atoms with Gasteiger partial charge in [0.1, 0.15) is 11.6 Å². The summed E-state index contributed by atoms with van der Waals surface area (Å²) in [5.41, 5.74) is 7.57. The van der Waals surface area contributed by atoms with Crippen molar-refractivity contribution in [1.82, 2.24) is 4.98 Å². The molecule has 102 valence electrons. The summed E-state index contributed by atoms with van der Waals surface area (Å²) in [4.78, 5) is 4.25. The highest BCUT2D eigenvalue weighted by Crippen LogP contribution is 2.38. The highest BCUT2D eigenvalue weighted by molar-refractivity contribution is 9.10. The lowest BCUT2D eigenvalue weighted by Crippen LogP contribution is -1.96. The van der Waals surface area contributed by atoms with Crippen LogP contribution in [-0.2, 0) is 0 Å². The number of rotatable bonds is 2. The summed E-state index contributed by atoms with van der Waals surface area (Å²) < 4.78 is 6.67. The van der Waals surface area contributed by atoms with Crippen molar-refractivity contribution in [3.63, 3.8) is 0 Å². The molecule has 3 rings (SSSR count). The summed E-state index contributed by atoms with van der Waals surface area (Å²) >= 11 is 3.41. The first-order valence-corrected chi connectivity index (χ1v) is 6.99. The number of nitriles is 1. The molecule has 0 atom stereocenters. The molecule has 1 aromatic heterocycles. The van der Waals surface area contributed by atoms with Gasteiger partial charge >= 0.3 is 0 Å². The van der Waals surface area contributed by atoms with Gasteiger partial charge in [-0.2, -0.15) is 5.26 Å². The zero-order valence-electron chi connectivity index (χ0n) is 10.9. The van der Waals surface area contributed by atoms with E-state index in [1.165, 1.54) is 6.20 Å². The standard InChI is InChI=1S/C16H10BrN3O/c17-12-5-3-6-13(19)16(12)21-15-10(8-18)9-20-14-7-2-1-4-11(14)15/h1-7,9H,19H2. The van der Waals surface area contributed by atoms with E-state index in [2.05, 4.69) is 27.0 Å². The van der Waals surface area contributed by atoms with Gasteiger partial charge in [0.05, 0.1) is 15.7 Å². The molecule has 0 fully saturated rings. The normalized spacial score (nSPS) is 10.3. The minimum absolute atomic E-state index is 0.365. The maximum atomic E-state index is 9.28. The van der Waals surface area contributed by atoms with Crippen LogP contribution >= 0.6 is 15.9 Å². The number of aromatic nitrogens is 1. The average molecular weight is 340 g/mol. The summed E-state index contributed by atoms with van der Waals surface area (Å²) in [7, 11) is 0. The van der Waals surface area contributed by atoms with Crippen molar-refractivity contribution >= 4 is 32.5 Å². The third-order valence-corrected chi connectivity index (χ3v) is 3.67. The Labute approximate surface area is 129 Å². The number of pyridine rings is 1. The van der Waals surface area contributed by atoms with E-state index in [-0.39, 0.29) is 0 Å². The Bertz CT molecular complexity index is 851. The number of benzene rings is 2. The van der Waals surface area contributed by atoms with E-state index in [0.29, 0.717) is 22.7 Å². The Morgan fingerprint density at radius 1 is 1.10 bits per heavy atom. The lowest BCUT2D eigenvalue weighted by Gasteiger charge is -2.13. The average Bonchev–Trinajstić information content (AvgIpc) is 2.51. The molecule has 0 spiro atoms. The molecule has 0 amide bonds. The van der Waals surface area contributed by atoms with Crippen LogP contribution in [0.2, 0.25) is 0 Å². The molecule has 0 saturated heterocycles. The summed E-state index contributed by atoms with van der Waals surface area (Å²) in [6, 6.07) is 15.0. The molecule has 4 nitrogen and oxygen atoms in total. The number of hydrogen-bond acceptors (Lipinski definition) is 4. The first-order valence-electron chi connectivity index (χ1n) is 6.20. The molecular formula is C16H10BrN3O. The van der Waals surface area contributed by atoms with Gasteiger partial charge in [-0.1, -0.05) is 18.2 Å². The fourth-order valence-electron chi connectivity index (χ4n) is 2.04. The fraction of sp³-hybridized carbons (Fsp3) is 0. The molecule has 2 aromatic carbocycles. The molecule has 2 N–H and O–H groups in total. The van der Waals surface area contributed by atoms with Gasteiger partial charge in [0, 0.05) is 11.6 Å². The van der Waals surface area contributed by atoms with E-state index in [1.54, 1.807) is 6.07 Å². The second-order valence-electron chi connectivity index (χ2n) is 4.39. The number of hydrogen-bond donors (Lipinski definition) is 1. The molecule has 21 heavy (non-hydrogen) atoms. The number of nitrogens with two attached hydrogens (primary N) is 1. The summed E-state index contributed by atoms with van der Waals surface area (Å²) in [5.74, 6) is 0.951. The maximum Gasteiger partial charge on any atom is 0.164 e. The third-order valence-electron chi connectivity index (χ3n) is 3.05. The second-order valence-corrected chi connectivity index (χ2v) is 5.24. The number of nitrogen functional groups attached to an aromatic ring is 1. The van der Waals surface area contributed by atoms with Gasteiger partial charge in [0.25, 0.3) is 0 Å². The highest BCUT2D eigenvalue weighted by atomic mass is 79.9. The molecule has 0 radical (unpaired) electrons. The number of halogens is 1. The Morgan fingerprint density at radius 2 is 1.90 bits per heavy atom. The van der Waals surface area contributed by atoms with Gasteiger partial charge in [-0.15, -0.1) is 0 Å². The molecule has 1 heterocycles. The number of anilines is 1. The van der Waals surface area contributed by atoms with E-state index in [9.17, 15) is 5.26 Å². The van der Waals surface area contributed by atoms with Gasteiger partial charge < -0.3 is 10.5 Å². The molecule has 0 aliphatic carbocycles. The second kappa shape index (κ2) is 5.43. The molecule has 0 unspecified atom stereocenters. The van der Waals surface area contributed by atoms with Gasteiger partial charge in [-0.25, -0.2) is 0 Å². The molecule has 0 saturated carbocycles. The first-order chi connectivity index (χ1) is 10.2. The Hall–Kier alpha value is -2.58. The van der Waals surface area contributed by atoms with Crippen molar-refractivity contribution in [2.24, 2.45) is 0 Å². The van der Waals surface area contributed by atoms with Crippen molar-refractivity contribution in [3.8, 4) is 17.6 Å². The zero-order valence-corrected chi connectivity index (χ0v) is 12.5. The molecule has 0 aliphatic rings. The van der Waals surface area contributed by atoms with Crippen LogP contribution in [-0.4, -0.2) is 4.98 Å². The van der Waals surface area contributed by atoms with E-state index >= 15 is 0 Å². The van der Waals surface area contributed by atoms with Crippen LogP contribution in [0.4, 0.5) is 5.69 Å². The summed E-state index contributed by atoms with van der Waals surface area (Å²) in [5, 5.41) is 10.1. The van der Waals surface area contributed by atoms with Gasteiger partial charge in [-0.3, -0.25) is 4.98 Å². The fourth-order valence-corrected chi connectivity index (χ4v) is 2.50. The van der Waals surface area contributed by atoms with E-state index in [1.807, 2.05) is 36.4 Å². The number of ether oxygens (including phenoxy) is 1. The quantitative estimate of drug-likeness (QED) is 0.708. The van der Waals surface area contributed by atoms with Crippen molar-refractivity contribution < 1.29 is 4.74 Å². The van der Waals surface area contributed by atoms with Crippen LogP contribution in [0.1, 0.15) is 5.56 Å². The SMILES string of the molecule is N#Cc1cnc2ccccc2c1Oc1c(N)cccc1Br. The van der Waals surface area contributed by atoms with Crippen molar-refractivity contribution in [3.05, 3.63) is 58.7 Å². The molecule has 0 bridgehead atoms. The minimum atomic E-state index is 0.365. The predicted molar refractivity (Wildman–Crippen MR) is 85.1 cm³/mol. The predicted octanol–water partition coefficient (Wildman–Crippen LogP) is 4.24. The summed E-state index contributed by atoms with van der Waals surface area (Å²) in [6.45, 7) is 0. The van der Waals surface area contributed by atoms with E-state index in [0.717, 1.165) is 15.4 Å². The largest absolute Gasteiger partial charge is 0.452 e. The van der Waals surface area contributed by atoms with Gasteiger partial charge in [0.2, 0.25) is 0 Å². The van der Waals surface area contributed by atoms with E-state index < -0.39 is 0 Å². The van der Waals surface area contributed by atoms with Crippen LogP contribution in [0, 0.1) is 11.3 Å². The molecule has 5 heteroatoms. The third kappa shape index (κ3) is 2.41. The molecule has 3 aromatic rings. The van der Waals surface area contributed by atoms with Crippen LogP contribution in [0.25, 0.3) is 10.9 Å². The van der Waals surface area contributed by atoms with Crippen LogP contribution in [0.3, 0.4) is 0 Å². The Kier molecular flexibility index (Phi) is 3.46. The lowest BCUT2D eigenvalue weighted by atomic mass is 10.1. The summed E-state index contributed by atoms with van der Waals surface area (Å²) in [6.07, 6.45) is 1.50. The van der Waals surface area contributed by atoms with Crippen molar-refractivity contribution in [2.75, 3.05) is 5.73 Å². The maximum absolute atomic E-state index is 9.28. The van der Waals surface area contributed by atoms with Crippen LogP contribution in [0.15, 0.2) is 53.1 Å². The zero-order chi connectivity index (χ0) is 14.8. The van der Waals surface area contributed by atoms with Crippen LogP contribution in [0.5, 0.6) is 11.5 Å². The Balaban J connectivity index is 2.22.